The number of rotatable bonds is 7. The monoisotopic (exact) mass is 409 g/mol. The highest BCUT2D eigenvalue weighted by Gasteiger charge is 2.33. The molecule has 0 saturated carbocycles. The van der Waals surface area contributed by atoms with Crippen LogP contribution in [0.25, 0.3) is 0 Å². The SMILES string of the molecule is CCCC(=O)c1ccc2c(c1)N(CC(=O)Nc1ccc(N(C)C)cc1)C(=O)C(C)O2. The average Bonchev–Trinajstić information content (AvgIpc) is 2.71. The number of benzene rings is 2. The van der Waals surface area contributed by atoms with Gasteiger partial charge in [-0.25, -0.2) is 0 Å². The number of ketones is 1. The molecule has 0 spiro atoms. The van der Waals surface area contributed by atoms with Gasteiger partial charge in [0.15, 0.2) is 11.9 Å². The predicted molar refractivity (Wildman–Crippen MR) is 118 cm³/mol. The molecular weight excluding hydrogens is 382 g/mol. The summed E-state index contributed by atoms with van der Waals surface area (Å²) < 4.78 is 5.67. The van der Waals surface area contributed by atoms with Gasteiger partial charge in [0.25, 0.3) is 5.91 Å². The molecule has 7 nitrogen and oxygen atoms in total. The van der Waals surface area contributed by atoms with Gasteiger partial charge >= 0.3 is 0 Å². The van der Waals surface area contributed by atoms with Crippen LogP contribution in [0.15, 0.2) is 42.5 Å². The van der Waals surface area contributed by atoms with E-state index in [-0.39, 0.29) is 24.1 Å². The van der Waals surface area contributed by atoms with Crippen molar-refractivity contribution in [2.45, 2.75) is 32.8 Å². The lowest BCUT2D eigenvalue weighted by atomic mass is 10.0. The summed E-state index contributed by atoms with van der Waals surface area (Å²) in [5.41, 5.74) is 2.61. The zero-order valence-corrected chi connectivity index (χ0v) is 17.8. The number of anilines is 3. The second kappa shape index (κ2) is 8.98. The highest BCUT2D eigenvalue weighted by Crippen LogP contribution is 2.35. The lowest BCUT2D eigenvalue weighted by Gasteiger charge is -2.32. The Labute approximate surface area is 176 Å². The molecule has 1 N–H and O–H groups in total. The van der Waals surface area contributed by atoms with E-state index in [4.69, 9.17) is 4.74 Å². The molecule has 0 fully saturated rings. The number of fused-ring (bicyclic) bond motifs is 1. The zero-order chi connectivity index (χ0) is 21.8. The molecule has 0 radical (unpaired) electrons. The van der Waals surface area contributed by atoms with Crippen molar-refractivity contribution in [2.24, 2.45) is 0 Å². The van der Waals surface area contributed by atoms with Crippen molar-refractivity contribution in [1.29, 1.82) is 0 Å². The summed E-state index contributed by atoms with van der Waals surface area (Å²) in [6, 6.07) is 12.4. The first-order valence-electron chi connectivity index (χ1n) is 10.0. The van der Waals surface area contributed by atoms with Gasteiger partial charge in [0, 0.05) is 37.5 Å². The molecule has 0 aliphatic carbocycles. The van der Waals surface area contributed by atoms with Crippen LogP contribution in [-0.4, -0.2) is 44.3 Å². The normalized spacial score (nSPS) is 15.3. The van der Waals surface area contributed by atoms with Crippen molar-refractivity contribution in [2.75, 3.05) is 35.8 Å². The van der Waals surface area contributed by atoms with Crippen molar-refractivity contribution in [3.05, 3.63) is 48.0 Å². The summed E-state index contributed by atoms with van der Waals surface area (Å²) in [6.45, 7) is 3.42. The molecule has 3 rings (SSSR count). The third-order valence-electron chi connectivity index (χ3n) is 4.94. The summed E-state index contributed by atoms with van der Waals surface area (Å²) >= 11 is 0. The molecule has 2 aromatic carbocycles. The van der Waals surface area contributed by atoms with Crippen molar-refractivity contribution in [3.63, 3.8) is 0 Å². The van der Waals surface area contributed by atoms with Crippen LogP contribution in [-0.2, 0) is 9.59 Å². The maximum Gasteiger partial charge on any atom is 0.268 e. The van der Waals surface area contributed by atoms with Gasteiger partial charge in [-0.15, -0.1) is 0 Å². The van der Waals surface area contributed by atoms with Crippen LogP contribution in [0.4, 0.5) is 17.1 Å². The molecule has 1 aliphatic rings. The zero-order valence-electron chi connectivity index (χ0n) is 17.8. The van der Waals surface area contributed by atoms with Gasteiger partial charge in [0.2, 0.25) is 5.91 Å². The van der Waals surface area contributed by atoms with Gasteiger partial charge in [-0.1, -0.05) is 6.92 Å². The molecule has 1 atom stereocenters. The van der Waals surface area contributed by atoms with Gasteiger partial charge < -0.3 is 15.0 Å². The molecule has 1 aliphatic heterocycles. The summed E-state index contributed by atoms with van der Waals surface area (Å²) in [7, 11) is 3.88. The predicted octanol–water partition coefficient (Wildman–Crippen LogP) is 3.49. The van der Waals surface area contributed by atoms with Gasteiger partial charge in [-0.05, 0) is 55.8 Å². The Hall–Kier alpha value is -3.35. The molecule has 158 valence electrons. The van der Waals surface area contributed by atoms with Crippen LogP contribution in [0.3, 0.4) is 0 Å². The Morgan fingerprint density at radius 2 is 1.83 bits per heavy atom. The molecule has 7 heteroatoms. The Kier molecular flexibility index (Phi) is 6.40. The van der Waals surface area contributed by atoms with E-state index in [1.165, 1.54) is 4.90 Å². The molecule has 2 amide bonds. The molecule has 2 aromatic rings. The number of Topliss-reactive ketones (excluding diaryl/α,β-unsaturated/α-hetero) is 1. The number of hydrogen-bond acceptors (Lipinski definition) is 5. The minimum absolute atomic E-state index is 0.00301. The Balaban J connectivity index is 1.80. The smallest absolute Gasteiger partial charge is 0.268 e. The van der Waals surface area contributed by atoms with Crippen LogP contribution in [0, 0.1) is 0 Å². The average molecular weight is 409 g/mol. The fourth-order valence-corrected chi connectivity index (χ4v) is 3.30. The maximum atomic E-state index is 12.7. The van der Waals surface area contributed by atoms with E-state index in [0.717, 1.165) is 12.1 Å². The third-order valence-corrected chi connectivity index (χ3v) is 4.94. The third kappa shape index (κ3) is 4.62. The van der Waals surface area contributed by atoms with E-state index >= 15 is 0 Å². The van der Waals surface area contributed by atoms with E-state index in [2.05, 4.69) is 5.32 Å². The number of ether oxygens (including phenoxy) is 1. The quantitative estimate of drug-likeness (QED) is 0.708. The van der Waals surface area contributed by atoms with Gasteiger partial charge in [-0.2, -0.15) is 0 Å². The Morgan fingerprint density at radius 3 is 2.47 bits per heavy atom. The van der Waals surface area contributed by atoms with Crippen molar-refractivity contribution in [3.8, 4) is 5.75 Å². The van der Waals surface area contributed by atoms with Crippen LogP contribution >= 0.6 is 0 Å². The highest BCUT2D eigenvalue weighted by molar-refractivity contribution is 6.07. The summed E-state index contributed by atoms with van der Waals surface area (Å²) in [5.74, 6) is -0.165. The second-order valence-electron chi connectivity index (χ2n) is 7.53. The van der Waals surface area contributed by atoms with Crippen LogP contribution < -0.4 is 19.9 Å². The van der Waals surface area contributed by atoms with E-state index in [9.17, 15) is 14.4 Å². The van der Waals surface area contributed by atoms with Crippen molar-refractivity contribution >= 4 is 34.7 Å². The number of hydrogen-bond donors (Lipinski definition) is 1. The van der Waals surface area contributed by atoms with Crippen LogP contribution in [0.5, 0.6) is 5.75 Å². The first kappa shape index (κ1) is 21.4. The van der Waals surface area contributed by atoms with Gasteiger partial charge in [-0.3, -0.25) is 19.3 Å². The van der Waals surface area contributed by atoms with Crippen molar-refractivity contribution < 1.29 is 19.1 Å². The summed E-state index contributed by atoms with van der Waals surface area (Å²) in [6.07, 6.45) is 0.455. The number of carbonyl (C=O) groups excluding carboxylic acids is 3. The fraction of sp³-hybridized carbons (Fsp3) is 0.348. The fourth-order valence-electron chi connectivity index (χ4n) is 3.30. The van der Waals surface area contributed by atoms with E-state index < -0.39 is 6.10 Å². The molecule has 30 heavy (non-hydrogen) atoms. The Morgan fingerprint density at radius 1 is 1.13 bits per heavy atom. The topological polar surface area (TPSA) is 79.0 Å². The number of carbonyl (C=O) groups is 3. The van der Waals surface area contributed by atoms with Crippen LogP contribution in [0.1, 0.15) is 37.0 Å². The molecule has 1 heterocycles. The second-order valence-corrected chi connectivity index (χ2v) is 7.53. The molecule has 0 saturated heterocycles. The first-order chi connectivity index (χ1) is 14.3. The minimum Gasteiger partial charge on any atom is -0.479 e. The van der Waals surface area contributed by atoms with Crippen LogP contribution in [0.2, 0.25) is 0 Å². The van der Waals surface area contributed by atoms with Gasteiger partial charge in [0.1, 0.15) is 12.3 Å². The Bertz CT molecular complexity index is 953. The van der Waals surface area contributed by atoms with E-state index in [1.54, 1.807) is 25.1 Å². The molecule has 0 bridgehead atoms. The minimum atomic E-state index is -0.707. The molecular formula is C23H27N3O4. The molecule has 1 unspecified atom stereocenters. The number of nitrogens with zero attached hydrogens (tertiary/aromatic N) is 2. The standard InChI is InChI=1S/C23H27N3O4/c1-5-6-20(27)16-7-12-21-19(13-16)26(23(29)15(2)30-21)14-22(28)24-17-8-10-18(11-9-17)25(3)4/h7-13,15H,5-6,14H2,1-4H3,(H,24,28). The van der Waals surface area contributed by atoms with Crippen molar-refractivity contribution in [1.82, 2.24) is 0 Å². The number of nitrogens with one attached hydrogen (secondary N) is 1. The van der Waals surface area contributed by atoms with Gasteiger partial charge in [0.05, 0.1) is 5.69 Å². The lowest BCUT2D eigenvalue weighted by Crippen LogP contribution is -2.47. The maximum absolute atomic E-state index is 12.7. The first-order valence-corrected chi connectivity index (χ1v) is 10.0. The van der Waals surface area contributed by atoms with E-state index in [0.29, 0.717) is 29.1 Å². The highest BCUT2D eigenvalue weighted by atomic mass is 16.5. The van der Waals surface area contributed by atoms with E-state index in [1.807, 2.05) is 50.2 Å². The number of amides is 2. The summed E-state index contributed by atoms with van der Waals surface area (Å²) in [5, 5.41) is 2.82. The molecule has 0 aromatic heterocycles. The largest absolute Gasteiger partial charge is 0.479 e. The summed E-state index contributed by atoms with van der Waals surface area (Å²) in [4.78, 5) is 41.0. The lowest BCUT2D eigenvalue weighted by molar-refractivity contribution is -0.127.